The molecule has 0 N–H and O–H groups in total. The molecule has 176 valence electrons. The molecule has 0 spiro atoms. The maximum Gasteiger partial charge on any atom is 0.339 e. The number of rotatable bonds is 4. The number of hydrogen-bond acceptors (Lipinski definition) is 5. The monoisotopic (exact) mass is 457 g/mol. The second-order valence-corrected chi connectivity index (χ2v) is 9.34. The summed E-state index contributed by atoms with van der Waals surface area (Å²) in [4.78, 5) is 35.5. The number of aromatic nitrogens is 1. The molecule has 2 aromatic carbocycles. The van der Waals surface area contributed by atoms with Crippen LogP contribution in [0.3, 0.4) is 0 Å². The van der Waals surface area contributed by atoms with E-state index < -0.39 is 12.1 Å². The molecule has 2 heterocycles. The van der Waals surface area contributed by atoms with Crippen LogP contribution in [0.2, 0.25) is 0 Å². The van der Waals surface area contributed by atoms with E-state index in [-0.39, 0.29) is 5.91 Å². The number of benzene rings is 2. The van der Waals surface area contributed by atoms with Gasteiger partial charge in [0.05, 0.1) is 11.1 Å². The van der Waals surface area contributed by atoms with Crippen LogP contribution in [-0.4, -0.2) is 54.0 Å². The molecule has 1 amide bonds. The van der Waals surface area contributed by atoms with E-state index in [9.17, 15) is 9.59 Å². The lowest BCUT2D eigenvalue weighted by Crippen LogP contribution is -2.51. The van der Waals surface area contributed by atoms with Crippen LogP contribution < -0.4 is 4.90 Å². The van der Waals surface area contributed by atoms with Crippen molar-refractivity contribution in [2.45, 2.75) is 45.6 Å². The molecule has 1 aliphatic carbocycles. The standard InChI is InChI=1S/C28H31N3O3/c1-19-12-13-25-23(18-19)26(22-10-6-7-11-24(22)29-25)28(33)34-20(2)27(32)31-16-14-30(15-17-31)21-8-4-3-5-9-21/h3-5,8-9,12-13,18,20H,6-7,10-11,14-17H2,1-2H3. The number of carbonyl (C=O) groups is 2. The van der Waals surface area contributed by atoms with Gasteiger partial charge in [-0.25, -0.2) is 4.79 Å². The number of carbonyl (C=O) groups excluding carboxylic acids is 2. The van der Waals surface area contributed by atoms with Crippen molar-refractivity contribution in [1.82, 2.24) is 9.88 Å². The van der Waals surface area contributed by atoms with Gasteiger partial charge in [-0.1, -0.05) is 29.8 Å². The highest BCUT2D eigenvalue weighted by Crippen LogP contribution is 2.31. The van der Waals surface area contributed by atoms with E-state index in [1.54, 1.807) is 6.92 Å². The predicted octanol–water partition coefficient (Wildman–Crippen LogP) is 4.32. The first-order valence-electron chi connectivity index (χ1n) is 12.2. The number of esters is 1. The molecule has 0 saturated carbocycles. The Morgan fingerprint density at radius 3 is 2.47 bits per heavy atom. The number of ether oxygens (including phenoxy) is 1. The SMILES string of the molecule is Cc1ccc2nc3c(c(C(=O)OC(C)C(=O)N4CCN(c5ccccc5)CC4)c2c1)CCCC3. The molecule has 1 unspecified atom stereocenters. The second-order valence-electron chi connectivity index (χ2n) is 9.34. The molecule has 5 rings (SSSR count). The van der Waals surface area contributed by atoms with Crippen molar-refractivity contribution >= 4 is 28.5 Å². The van der Waals surface area contributed by atoms with Gasteiger partial charge in [0.25, 0.3) is 5.91 Å². The Kier molecular flexibility index (Phi) is 6.22. The number of para-hydroxylation sites is 1. The summed E-state index contributed by atoms with van der Waals surface area (Å²) in [6.07, 6.45) is 2.98. The molecule has 34 heavy (non-hydrogen) atoms. The number of nitrogens with zero attached hydrogens (tertiary/aromatic N) is 3. The van der Waals surface area contributed by atoms with E-state index in [0.717, 1.165) is 66.5 Å². The summed E-state index contributed by atoms with van der Waals surface area (Å²) in [5, 5.41) is 0.821. The Morgan fingerprint density at radius 2 is 1.71 bits per heavy atom. The summed E-state index contributed by atoms with van der Waals surface area (Å²) >= 11 is 0. The molecule has 1 fully saturated rings. The van der Waals surface area contributed by atoms with Crippen LogP contribution in [0, 0.1) is 6.92 Å². The van der Waals surface area contributed by atoms with Crippen LogP contribution in [0.5, 0.6) is 0 Å². The van der Waals surface area contributed by atoms with Gasteiger partial charge in [-0.3, -0.25) is 9.78 Å². The lowest BCUT2D eigenvalue weighted by atomic mass is 9.89. The molecular formula is C28H31N3O3. The molecule has 0 radical (unpaired) electrons. The van der Waals surface area contributed by atoms with Crippen LogP contribution in [0.4, 0.5) is 5.69 Å². The van der Waals surface area contributed by atoms with Gasteiger partial charge in [-0.2, -0.15) is 0 Å². The van der Waals surface area contributed by atoms with Gasteiger partial charge in [0.2, 0.25) is 0 Å². The number of fused-ring (bicyclic) bond motifs is 2. The highest BCUT2D eigenvalue weighted by molar-refractivity contribution is 6.06. The Bertz CT molecular complexity index is 1220. The van der Waals surface area contributed by atoms with Gasteiger partial charge in [0.1, 0.15) is 0 Å². The van der Waals surface area contributed by atoms with Gasteiger partial charge in [-0.05, 0) is 69.4 Å². The molecule has 0 bridgehead atoms. The van der Waals surface area contributed by atoms with Crippen LogP contribution in [-0.2, 0) is 22.4 Å². The Balaban J connectivity index is 1.32. The summed E-state index contributed by atoms with van der Waals surface area (Å²) in [5.74, 6) is -0.551. The molecule has 1 aliphatic heterocycles. The molecule has 1 saturated heterocycles. The van der Waals surface area contributed by atoms with Crippen molar-refractivity contribution in [2.24, 2.45) is 0 Å². The fraction of sp³-hybridized carbons (Fsp3) is 0.393. The minimum Gasteiger partial charge on any atom is -0.449 e. The van der Waals surface area contributed by atoms with Crippen LogP contribution in [0.25, 0.3) is 10.9 Å². The van der Waals surface area contributed by atoms with E-state index in [2.05, 4.69) is 17.0 Å². The zero-order valence-corrected chi connectivity index (χ0v) is 19.9. The van der Waals surface area contributed by atoms with E-state index in [1.807, 2.05) is 48.2 Å². The molecule has 1 aromatic heterocycles. The quantitative estimate of drug-likeness (QED) is 0.546. The topological polar surface area (TPSA) is 62.7 Å². The van der Waals surface area contributed by atoms with E-state index >= 15 is 0 Å². The molecule has 6 heteroatoms. The smallest absolute Gasteiger partial charge is 0.339 e. The van der Waals surface area contributed by atoms with Crippen LogP contribution in [0.1, 0.15) is 46.9 Å². The van der Waals surface area contributed by atoms with Gasteiger partial charge < -0.3 is 14.5 Å². The van der Waals surface area contributed by atoms with Crippen molar-refractivity contribution < 1.29 is 14.3 Å². The third kappa shape index (κ3) is 4.37. The highest BCUT2D eigenvalue weighted by Gasteiger charge is 2.30. The number of aryl methyl sites for hydroxylation is 2. The van der Waals surface area contributed by atoms with Crippen LogP contribution >= 0.6 is 0 Å². The number of pyridine rings is 1. The lowest BCUT2D eigenvalue weighted by Gasteiger charge is -2.37. The van der Waals surface area contributed by atoms with Gasteiger partial charge in [-0.15, -0.1) is 0 Å². The lowest BCUT2D eigenvalue weighted by molar-refractivity contribution is -0.140. The van der Waals surface area contributed by atoms with E-state index in [0.29, 0.717) is 18.7 Å². The van der Waals surface area contributed by atoms with Crippen molar-refractivity contribution in [2.75, 3.05) is 31.1 Å². The Morgan fingerprint density at radius 1 is 0.971 bits per heavy atom. The van der Waals surface area contributed by atoms with Crippen molar-refractivity contribution in [1.29, 1.82) is 0 Å². The minimum atomic E-state index is -0.831. The number of hydrogen-bond donors (Lipinski definition) is 0. The van der Waals surface area contributed by atoms with Crippen molar-refractivity contribution in [3.8, 4) is 0 Å². The molecular weight excluding hydrogens is 426 g/mol. The zero-order chi connectivity index (χ0) is 23.7. The maximum atomic E-state index is 13.4. The van der Waals surface area contributed by atoms with Crippen molar-refractivity contribution in [3.05, 3.63) is 70.9 Å². The van der Waals surface area contributed by atoms with E-state index in [1.165, 1.54) is 5.69 Å². The number of anilines is 1. The third-order valence-electron chi connectivity index (χ3n) is 6.97. The van der Waals surface area contributed by atoms with Crippen LogP contribution in [0.15, 0.2) is 48.5 Å². The van der Waals surface area contributed by atoms with Gasteiger partial charge >= 0.3 is 5.97 Å². The molecule has 3 aromatic rings. The Hall–Kier alpha value is -3.41. The summed E-state index contributed by atoms with van der Waals surface area (Å²) in [6.45, 7) is 6.45. The Labute approximate surface area is 200 Å². The molecule has 2 aliphatic rings. The summed E-state index contributed by atoms with van der Waals surface area (Å²) in [5.41, 5.74) is 5.63. The normalized spacial score (nSPS) is 16.8. The average molecular weight is 458 g/mol. The average Bonchev–Trinajstić information content (AvgIpc) is 2.87. The fourth-order valence-electron chi connectivity index (χ4n) is 5.12. The third-order valence-corrected chi connectivity index (χ3v) is 6.97. The predicted molar refractivity (Wildman–Crippen MR) is 133 cm³/mol. The maximum absolute atomic E-state index is 13.4. The summed E-state index contributed by atoms with van der Waals surface area (Å²) in [6, 6.07) is 16.2. The summed E-state index contributed by atoms with van der Waals surface area (Å²) in [7, 11) is 0. The highest BCUT2D eigenvalue weighted by atomic mass is 16.5. The van der Waals surface area contributed by atoms with E-state index in [4.69, 9.17) is 9.72 Å². The summed E-state index contributed by atoms with van der Waals surface area (Å²) < 4.78 is 5.81. The zero-order valence-electron chi connectivity index (χ0n) is 19.9. The van der Waals surface area contributed by atoms with Crippen molar-refractivity contribution in [3.63, 3.8) is 0 Å². The number of amides is 1. The first-order valence-corrected chi connectivity index (χ1v) is 12.2. The second kappa shape index (κ2) is 9.45. The largest absolute Gasteiger partial charge is 0.449 e. The van der Waals surface area contributed by atoms with Gasteiger partial charge in [0.15, 0.2) is 6.10 Å². The van der Waals surface area contributed by atoms with Gasteiger partial charge in [0, 0.05) is 42.9 Å². The number of piperazine rings is 1. The first kappa shape index (κ1) is 22.4. The minimum absolute atomic E-state index is 0.135. The fourth-order valence-corrected chi connectivity index (χ4v) is 5.12. The first-order chi connectivity index (χ1) is 16.5. The molecule has 1 atom stereocenters. The molecule has 6 nitrogen and oxygen atoms in total.